The van der Waals surface area contributed by atoms with Gasteiger partial charge in [-0.05, 0) is 24.6 Å². The van der Waals surface area contributed by atoms with Crippen LogP contribution in [-0.2, 0) is 17.9 Å². The van der Waals surface area contributed by atoms with Gasteiger partial charge in [-0.25, -0.2) is 0 Å². The highest BCUT2D eigenvalue weighted by Crippen LogP contribution is 2.20. The van der Waals surface area contributed by atoms with E-state index in [1.807, 2.05) is 24.3 Å². The number of nitrogens with one attached hydrogen (secondary N) is 1. The van der Waals surface area contributed by atoms with Crippen molar-refractivity contribution in [2.24, 2.45) is 0 Å². The van der Waals surface area contributed by atoms with Crippen molar-refractivity contribution < 1.29 is 4.79 Å². The topological polar surface area (TPSA) is 64.7 Å². The highest BCUT2D eigenvalue weighted by Gasteiger charge is 2.12. The van der Waals surface area contributed by atoms with Gasteiger partial charge in [0.1, 0.15) is 11.6 Å². The lowest BCUT2D eigenvalue weighted by Crippen LogP contribution is -2.19. The van der Waals surface area contributed by atoms with Crippen molar-refractivity contribution in [1.82, 2.24) is 19.6 Å². The first kappa shape index (κ1) is 17.8. The number of aryl methyl sites for hydroxylation is 1. The number of hydrogen-bond acceptors (Lipinski definition) is 3. The van der Waals surface area contributed by atoms with E-state index in [9.17, 15) is 4.79 Å². The summed E-state index contributed by atoms with van der Waals surface area (Å²) in [5, 5.41) is 12.6. The van der Waals surface area contributed by atoms with Gasteiger partial charge < -0.3 is 5.32 Å². The molecular formula is C16H14Cl3N5O. The van der Waals surface area contributed by atoms with E-state index in [4.69, 9.17) is 34.8 Å². The summed E-state index contributed by atoms with van der Waals surface area (Å²) in [4.78, 5) is 12.1. The Morgan fingerprint density at radius 1 is 1.04 bits per heavy atom. The molecule has 0 aliphatic heterocycles. The fourth-order valence-electron chi connectivity index (χ4n) is 2.23. The minimum absolute atomic E-state index is 0.0218. The summed E-state index contributed by atoms with van der Waals surface area (Å²) in [6.45, 7) is 2.31. The minimum atomic E-state index is -0.294. The maximum Gasteiger partial charge on any atom is 0.247 e. The number of nitrogens with zero attached hydrogens (tertiary/aromatic N) is 4. The van der Waals surface area contributed by atoms with Crippen molar-refractivity contribution in [3.05, 3.63) is 63.0 Å². The van der Waals surface area contributed by atoms with Crippen LogP contribution in [0.2, 0.25) is 15.1 Å². The molecule has 9 heteroatoms. The molecule has 1 N–H and O–H groups in total. The number of anilines is 1. The molecule has 2 heterocycles. The van der Waals surface area contributed by atoms with Crippen molar-refractivity contribution in [2.45, 2.75) is 20.0 Å². The fraction of sp³-hybridized carbons (Fsp3) is 0.188. The first-order chi connectivity index (χ1) is 11.9. The maximum atomic E-state index is 12.1. The monoisotopic (exact) mass is 397 g/mol. The first-order valence-corrected chi connectivity index (χ1v) is 8.51. The molecule has 25 heavy (non-hydrogen) atoms. The highest BCUT2D eigenvalue weighted by molar-refractivity contribution is 6.33. The Bertz CT molecular complexity index is 882. The molecule has 130 valence electrons. The summed E-state index contributed by atoms with van der Waals surface area (Å²) in [6, 6.07) is 7.42. The van der Waals surface area contributed by atoms with Crippen LogP contribution in [0.4, 0.5) is 5.82 Å². The minimum Gasteiger partial charge on any atom is -0.306 e. The van der Waals surface area contributed by atoms with Gasteiger partial charge in [0.15, 0.2) is 5.82 Å². The van der Waals surface area contributed by atoms with Gasteiger partial charge in [0, 0.05) is 17.4 Å². The quantitative estimate of drug-likeness (QED) is 0.705. The van der Waals surface area contributed by atoms with Crippen LogP contribution in [0.5, 0.6) is 0 Å². The van der Waals surface area contributed by atoms with E-state index in [-0.39, 0.29) is 12.5 Å². The van der Waals surface area contributed by atoms with Gasteiger partial charge in [-0.3, -0.25) is 14.2 Å². The van der Waals surface area contributed by atoms with Crippen LogP contribution in [0.15, 0.2) is 36.7 Å². The lowest BCUT2D eigenvalue weighted by atomic mass is 10.2. The van der Waals surface area contributed by atoms with Crippen LogP contribution in [0.3, 0.4) is 0 Å². The summed E-state index contributed by atoms with van der Waals surface area (Å²) in [5.74, 6) is 0.00779. The first-order valence-electron chi connectivity index (χ1n) is 7.37. The van der Waals surface area contributed by atoms with E-state index in [1.54, 1.807) is 24.0 Å². The Kier molecular flexibility index (Phi) is 5.32. The smallest absolute Gasteiger partial charge is 0.247 e. The number of carbonyl (C=O) groups excluding carboxylic acids is 1. The summed E-state index contributed by atoms with van der Waals surface area (Å²) in [6.07, 6.45) is 3.25. The molecular weight excluding hydrogens is 385 g/mol. The molecule has 0 atom stereocenters. The summed E-state index contributed by atoms with van der Waals surface area (Å²) >= 11 is 18.0. The molecule has 3 rings (SSSR count). The van der Waals surface area contributed by atoms with Crippen LogP contribution in [0, 0.1) is 6.92 Å². The molecule has 0 aliphatic carbocycles. The SMILES string of the molecule is Cc1nn(CC(=O)Nc2nn(Cc3ccc(Cl)cc3)cc2Cl)cc1Cl. The number of aromatic nitrogens is 4. The molecule has 0 saturated heterocycles. The van der Waals surface area contributed by atoms with Crippen LogP contribution in [0.25, 0.3) is 0 Å². The third kappa shape index (κ3) is 4.54. The average molecular weight is 399 g/mol. The normalized spacial score (nSPS) is 10.9. The van der Waals surface area contributed by atoms with Crippen LogP contribution in [0.1, 0.15) is 11.3 Å². The van der Waals surface area contributed by atoms with Gasteiger partial charge in [-0.15, -0.1) is 0 Å². The molecule has 0 saturated carbocycles. The zero-order chi connectivity index (χ0) is 18.0. The van der Waals surface area contributed by atoms with Crippen molar-refractivity contribution in [3.8, 4) is 0 Å². The predicted octanol–water partition coefficient (Wildman–Crippen LogP) is 4.04. The van der Waals surface area contributed by atoms with Gasteiger partial charge in [-0.2, -0.15) is 10.2 Å². The third-order valence-electron chi connectivity index (χ3n) is 3.42. The summed E-state index contributed by atoms with van der Waals surface area (Å²) < 4.78 is 3.11. The predicted molar refractivity (Wildman–Crippen MR) is 98.4 cm³/mol. The van der Waals surface area contributed by atoms with E-state index < -0.39 is 0 Å². The van der Waals surface area contributed by atoms with E-state index >= 15 is 0 Å². The molecule has 1 aromatic carbocycles. The molecule has 0 aliphatic rings. The van der Waals surface area contributed by atoms with E-state index in [0.717, 1.165) is 5.56 Å². The second kappa shape index (κ2) is 7.47. The molecule has 6 nitrogen and oxygen atoms in total. The van der Waals surface area contributed by atoms with Gasteiger partial charge in [0.05, 0.1) is 17.3 Å². The Hall–Kier alpha value is -2.02. The number of benzene rings is 1. The van der Waals surface area contributed by atoms with Crippen molar-refractivity contribution in [2.75, 3.05) is 5.32 Å². The van der Waals surface area contributed by atoms with Crippen LogP contribution < -0.4 is 5.32 Å². The Labute approximate surface area is 159 Å². The molecule has 1 amide bonds. The lowest BCUT2D eigenvalue weighted by molar-refractivity contribution is -0.116. The van der Waals surface area contributed by atoms with E-state index in [0.29, 0.717) is 33.1 Å². The lowest BCUT2D eigenvalue weighted by Gasteiger charge is -2.04. The number of carbonyl (C=O) groups is 1. The van der Waals surface area contributed by atoms with E-state index in [1.165, 1.54) is 4.68 Å². The van der Waals surface area contributed by atoms with Crippen molar-refractivity contribution >= 4 is 46.5 Å². The molecule has 0 bridgehead atoms. The van der Waals surface area contributed by atoms with E-state index in [2.05, 4.69) is 15.5 Å². The Balaban J connectivity index is 1.65. The maximum absolute atomic E-state index is 12.1. The molecule has 0 radical (unpaired) electrons. The van der Waals surface area contributed by atoms with Gasteiger partial charge >= 0.3 is 0 Å². The zero-order valence-electron chi connectivity index (χ0n) is 13.2. The van der Waals surface area contributed by atoms with Crippen molar-refractivity contribution in [3.63, 3.8) is 0 Å². The largest absolute Gasteiger partial charge is 0.306 e. The van der Waals surface area contributed by atoms with Gasteiger partial charge in [0.25, 0.3) is 0 Å². The number of hydrogen-bond donors (Lipinski definition) is 1. The fourth-order valence-corrected chi connectivity index (χ4v) is 2.71. The Morgan fingerprint density at radius 2 is 1.72 bits per heavy atom. The van der Waals surface area contributed by atoms with Crippen LogP contribution >= 0.6 is 34.8 Å². The number of amides is 1. The van der Waals surface area contributed by atoms with Crippen LogP contribution in [-0.4, -0.2) is 25.5 Å². The van der Waals surface area contributed by atoms with Crippen molar-refractivity contribution in [1.29, 1.82) is 0 Å². The van der Waals surface area contributed by atoms with Gasteiger partial charge in [-0.1, -0.05) is 46.9 Å². The van der Waals surface area contributed by atoms with Gasteiger partial charge in [0.2, 0.25) is 5.91 Å². The third-order valence-corrected chi connectivity index (χ3v) is 4.32. The molecule has 0 fully saturated rings. The summed E-state index contributed by atoms with van der Waals surface area (Å²) in [5.41, 5.74) is 1.68. The molecule has 0 spiro atoms. The second-order valence-corrected chi connectivity index (χ2v) is 6.71. The highest BCUT2D eigenvalue weighted by atomic mass is 35.5. The zero-order valence-corrected chi connectivity index (χ0v) is 15.5. The average Bonchev–Trinajstić information content (AvgIpc) is 3.04. The molecule has 0 unspecified atom stereocenters. The molecule has 2 aromatic heterocycles. The number of halogens is 3. The molecule has 3 aromatic rings. The second-order valence-electron chi connectivity index (χ2n) is 5.46. The standard InChI is InChI=1S/C16H14Cl3N5O/c1-10-13(18)7-24(21-10)9-15(25)20-16-14(19)8-23(22-16)6-11-2-4-12(17)5-3-11/h2-5,7-8H,6,9H2,1H3,(H,20,22,25). The summed E-state index contributed by atoms with van der Waals surface area (Å²) in [7, 11) is 0. The number of rotatable bonds is 5. The Morgan fingerprint density at radius 3 is 2.36 bits per heavy atom.